The molecule has 0 saturated carbocycles. The van der Waals surface area contributed by atoms with Crippen LogP contribution >= 0.6 is 0 Å². The van der Waals surface area contributed by atoms with Gasteiger partial charge in [-0.1, -0.05) is 30.3 Å². The summed E-state index contributed by atoms with van der Waals surface area (Å²) >= 11 is 0. The zero-order valence-electron chi connectivity index (χ0n) is 12.1. The van der Waals surface area contributed by atoms with Gasteiger partial charge in [-0.25, -0.2) is 4.98 Å². The Morgan fingerprint density at radius 2 is 2.20 bits per heavy atom. The minimum atomic E-state index is 0.455. The summed E-state index contributed by atoms with van der Waals surface area (Å²) < 4.78 is 2.37. The van der Waals surface area contributed by atoms with E-state index in [2.05, 4.69) is 58.3 Å². The molecule has 106 valence electrons. The maximum atomic E-state index is 4.40. The number of rotatable bonds is 4. The summed E-state index contributed by atoms with van der Waals surface area (Å²) in [6.07, 6.45) is 7.65. The number of nitrogens with one attached hydrogen (secondary N) is 1. The van der Waals surface area contributed by atoms with Gasteiger partial charge in [0, 0.05) is 30.4 Å². The lowest BCUT2D eigenvalue weighted by atomic mass is 9.96. The second-order valence-corrected chi connectivity index (χ2v) is 5.81. The zero-order chi connectivity index (χ0) is 13.8. The summed E-state index contributed by atoms with van der Waals surface area (Å²) in [6.45, 7) is 4.53. The summed E-state index contributed by atoms with van der Waals surface area (Å²) in [5.74, 6) is 0.615. The quantitative estimate of drug-likeness (QED) is 0.924. The molecule has 1 aliphatic rings. The fraction of sp³-hybridized carbons (Fsp3) is 0.471. The Balaban J connectivity index is 1.75. The van der Waals surface area contributed by atoms with Crippen LogP contribution in [-0.4, -0.2) is 22.6 Å². The van der Waals surface area contributed by atoms with Gasteiger partial charge in [0.2, 0.25) is 0 Å². The molecule has 0 spiro atoms. The summed E-state index contributed by atoms with van der Waals surface area (Å²) in [7, 11) is 0. The molecule has 2 atom stereocenters. The minimum absolute atomic E-state index is 0.455. The van der Waals surface area contributed by atoms with Crippen molar-refractivity contribution in [2.24, 2.45) is 0 Å². The molecule has 3 heteroatoms. The van der Waals surface area contributed by atoms with E-state index in [1.165, 1.54) is 24.1 Å². The largest absolute Gasteiger partial charge is 0.331 e. The van der Waals surface area contributed by atoms with Crippen molar-refractivity contribution in [2.75, 3.05) is 13.1 Å². The molecule has 20 heavy (non-hydrogen) atoms. The molecule has 1 saturated heterocycles. The normalized spacial score (nSPS) is 20.8. The van der Waals surface area contributed by atoms with Crippen molar-refractivity contribution in [3.05, 3.63) is 54.1 Å². The average molecular weight is 269 g/mol. The summed E-state index contributed by atoms with van der Waals surface area (Å²) in [4.78, 5) is 4.40. The first-order valence-electron chi connectivity index (χ1n) is 7.61. The predicted octanol–water partition coefficient (Wildman–Crippen LogP) is 3.15. The first-order chi connectivity index (χ1) is 9.84. The number of piperidine rings is 1. The van der Waals surface area contributed by atoms with Crippen molar-refractivity contribution in [2.45, 2.75) is 38.1 Å². The van der Waals surface area contributed by atoms with Gasteiger partial charge in [0.05, 0.1) is 6.33 Å². The van der Waals surface area contributed by atoms with Crippen molar-refractivity contribution >= 4 is 0 Å². The molecule has 1 aromatic heterocycles. The van der Waals surface area contributed by atoms with E-state index in [1.807, 2.05) is 6.33 Å². The summed E-state index contributed by atoms with van der Waals surface area (Å²) in [6, 6.07) is 11.2. The molecule has 1 aliphatic heterocycles. The summed E-state index contributed by atoms with van der Waals surface area (Å²) in [5, 5.41) is 3.50. The third kappa shape index (κ3) is 2.93. The molecule has 1 fully saturated rings. The van der Waals surface area contributed by atoms with Crippen molar-refractivity contribution < 1.29 is 0 Å². The molecule has 2 unspecified atom stereocenters. The Kier molecular flexibility index (Phi) is 4.16. The van der Waals surface area contributed by atoms with E-state index in [0.29, 0.717) is 12.0 Å². The fourth-order valence-corrected chi connectivity index (χ4v) is 3.16. The zero-order valence-corrected chi connectivity index (χ0v) is 12.1. The molecule has 0 bridgehead atoms. The third-order valence-corrected chi connectivity index (χ3v) is 4.26. The van der Waals surface area contributed by atoms with Crippen LogP contribution in [0.25, 0.3) is 0 Å². The smallest absolute Gasteiger partial charge is 0.0950 e. The van der Waals surface area contributed by atoms with Gasteiger partial charge in [-0.3, -0.25) is 0 Å². The number of hydrogen-bond donors (Lipinski definition) is 1. The first-order valence-corrected chi connectivity index (χ1v) is 7.61. The van der Waals surface area contributed by atoms with Crippen LogP contribution in [0.15, 0.2) is 42.9 Å². The van der Waals surface area contributed by atoms with E-state index >= 15 is 0 Å². The SMILES string of the molecule is CC(Cc1ccccc1)n1cncc1C1CCCNC1. The Morgan fingerprint density at radius 1 is 1.35 bits per heavy atom. The van der Waals surface area contributed by atoms with Crippen molar-refractivity contribution in [3.63, 3.8) is 0 Å². The minimum Gasteiger partial charge on any atom is -0.331 e. The number of hydrogen-bond acceptors (Lipinski definition) is 2. The number of imidazole rings is 1. The lowest BCUT2D eigenvalue weighted by Gasteiger charge is -2.26. The highest BCUT2D eigenvalue weighted by atomic mass is 15.1. The maximum absolute atomic E-state index is 4.40. The monoisotopic (exact) mass is 269 g/mol. The topological polar surface area (TPSA) is 29.9 Å². The molecule has 3 nitrogen and oxygen atoms in total. The standard InChI is InChI=1S/C17H23N3/c1-14(10-15-6-3-2-4-7-15)20-13-19-12-17(20)16-8-5-9-18-11-16/h2-4,6-7,12-14,16,18H,5,8-11H2,1H3. The Hall–Kier alpha value is -1.61. The highest BCUT2D eigenvalue weighted by Crippen LogP contribution is 2.26. The molecule has 3 rings (SSSR count). The van der Waals surface area contributed by atoms with E-state index in [4.69, 9.17) is 0 Å². The van der Waals surface area contributed by atoms with Crippen LogP contribution in [-0.2, 0) is 6.42 Å². The fourth-order valence-electron chi connectivity index (χ4n) is 3.16. The summed E-state index contributed by atoms with van der Waals surface area (Å²) in [5.41, 5.74) is 2.78. The second kappa shape index (κ2) is 6.23. The van der Waals surface area contributed by atoms with Crippen LogP contribution < -0.4 is 5.32 Å². The van der Waals surface area contributed by atoms with Crippen molar-refractivity contribution in [1.29, 1.82) is 0 Å². The molecular weight excluding hydrogens is 246 g/mol. The first kappa shape index (κ1) is 13.4. The van der Waals surface area contributed by atoms with Gasteiger partial charge in [-0.15, -0.1) is 0 Å². The molecule has 1 N–H and O–H groups in total. The van der Waals surface area contributed by atoms with E-state index in [-0.39, 0.29) is 0 Å². The van der Waals surface area contributed by atoms with E-state index in [1.54, 1.807) is 0 Å². The molecular formula is C17H23N3. The molecule has 0 radical (unpaired) electrons. The van der Waals surface area contributed by atoms with Gasteiger partial charge in [-0.2, -0.15) is 0 Å². The van der Waals surface area contributed by atoms with Crippen molar-refractivity contribution in [3.8, 4) is 0 Å². The highest BCUT2D eigenvalue weighted by molar-refractivity contribution is 5.17. The Labute approximate surface area is 121 Å². The van der Waals surface area contributed by atoms with Gasteiger partial charge >= 0.3 is 0 Å². The van der Waals surface area contributed by atoms with Crippen LogP contribution in [0.3, 0.4) is 0 Å². The van der Waals surface area contributed by atoms with Gasteiger partial charge in [0.15, 0.2) is 0 Å². The van der Waals surface area contributed by atoms with Crippen LogP contribution in [0.2, 0.25) is 0 Å². The lowest BCUT2D eigenvalue weighted by Crippen LogP contribution is -2.30. The van der Waals surface area contributed by atoms with E-state index in [9.17, 15) is 0 Å². The average Bonchev–Trinajstić information content (AvgIpc) is 2.99. The van der Waals surface area contributed by atoms with Crippen LogP contribution in [0, 0.1) is 0 Å². The molecule has 1 aromatic carbocycles. The third-order valence-electron chi connectivity index (χ3n) is 4.26. The van der Waals surface area contributed by atoms with Crippen LogP contribution in [0.1, 0.15) is 43.0 Å². The second-order valence-electron chi connectivity index (χ2n) is 5.81. The predicted molar refractivity (Wildman–Crippen MR) is 81.9 cm³/mol. The van der Waals surface area contributed by atoms with Crippen molar-refractivity contribution in [1.82, 2.24) is 14.9 Å². The number of nitrogens with zero attached hydrogens (tertiary/aromatic N) is 2. The lowest BCUT2D eigenvalue weighted by molar-refractivity contribution is 0.423. The Morgan fingerprint density at radius 3 is 2.95 bits per heavy atom. The molecule has 2 aromatic rings. The van der Waals surface area contributed by atoms with Crippen LogP contribution in [0.5, 0.6) is 0 Å². The van der Waals surface area contributed by atoms with Gasteiger partial charge in [-0.05, 0) is 38.3 Å². The Bertz CT molecular complexity index is 526. The van der Waals surface area contributed by atoms with Crippen LogP contribution in [0.4, 0.5) is 0 Å². The van der Waals surface area contributed by atoms with Gasteiger partial charge in [0.1, 0.15) is 0 Å². The van der Waals surface area contributed by atoms with E-state index < -0.39 is 0 Å². The van der Waals surface area contributed by atoms with Gasteiger partial charge < -0.3 is 9.88 Å². The number of aromatic nitrogens is 2. The molecule has 0 aliphatic carbocycles. The van der Waals surface area contributed by atoms with Gasteiger partial charge in [0.25, 0.3) is 0 Å². The number of benzene rings is 1. The highest BCUT2D eigenvalue weighted by Gasteiger charge is 2.20. The molecule has 2 heterocycles. The maximum Gasteiger partial charge on any atom is 0.0950 e. The molecule has 0 amide bonds. The van der Waals surface area contributed by atoms with E-state index in [0.717, 1.165) is 19.5 Å².